The Balaban J connectivity index is 1.69. The van der Waals surface area contributed by atoms with Gasteiger partial charge in [-0.05, 0) is 18.2 Å². The van der Waals surface area contributed by atoms with E-state index in [1.54, 1.807) is 11.0 Å². The van der Waals surface area contributed by atoms with Crippen molar-refractivity contribution in [1.82, 2.24) is 4.90 Å². The van der Waals surface area contributed by atoms with Crippen LogP contribution in [0.5, 0.6) is 0 Å². The molecule has 3 rings (SSSR count). The van der Waals surface area contributed by atoms with Crippen LogP contribution in [0.4, 0.5) is 20.2 Å². The van der Waals surface area contributed by atoms with Gasteiger partial charge in [-0.3, -0.25) is 14.9 Å². The summed E-state index contributed by atoms with van der Waals surface area (Å²) in [6, 6.07) is 9.26. The first-order valence-corrected chi connectivity index (χ1v) is 7.70. The van der Waals surface area contributed by atoms with Crippen molar-refractivity contribution in [3.63, 3.8) is 0 Å². The number of nitro benzene ring substituents is 1. The van der Waals surface area contributed by atoms with Gasteiger partial charge in [0, 0.05) is 32.2 Å². The van der Waals surface area contributed by atoms with Crippen LogP contribution in [0, 0.1) is 21.7 Å². The van der Waals surface area contributed by atoms with Crippen molar-refractivity contribution < 1.29 is 18.5 Å². The number of benzene rings is 2. The minimum atomic E-state index is -0.678. The number of piperazine rings is 1. The van der Waals surface area contributed by atoms with E-state index in [1.165, 1.54) is 35.2 Å². The first-order chi connectivity index (χ1) is 12.0. The summed E-state index contributed by atoms with van der Waals surface area (Å²) < 4.78 is 27.8. The number of non-ortho nitro benzene ring substituents is 1. The molecule has 0 bridgehead atoms. The Morgan fingerprint density at radius 3 is 2.28 bits per heavy atom. The average Bonchev–Trinajstić information content (AvgIpc) is 2.61. The van der Waals surface area contributed by atoms with E-state index in [4.69, 9.17) is 0 Å². The zero-order valence-electron chi connectivity index (χ0n) is 13.2. The van der Waals surface area contributed by atoms with Crippen LogP contribution in [-0.2, 0) is 0 Å². The molecule has 1 aliphatic rings. The van der Waals surface area contributed by atoms with Gasteiger partial charge in [0.2, 0.25) is 0 Å². The maximum atomic E-state index is 14.1. The molecule has 1 fully saturated rings. The summed E-state index contributed by atoms with van der Waals surface area (Å²) in [6.07, 6.45) is 0. The molecule has 0 saturated carbocycles. The SMILES string of the molecule is O=C(c1ccccc1F)N1CCN(c2ccc([N+](=O)[O-])cc2F)CC1. The van der Waals surface area contributed by atoms with Gasteiger partial charge in [0.15, 0.2) is 5.82 Å². The molecule has 2 aromatic rings. The van der Waals surface area contributed by atoms with Crippen LogP contribution in [0.1, 0.15) is 10.4 Å². The molecular formula is C17H15F2N3O3. The molecule has 25 heavy (non-hydrogen) atoms. The highest BCUT2D eigenvalue weighted by Crippen LogP contribution is 2.25. The third-order valence-corrected chi connectivity index (χ3v) is 4.15. The molecule has 0 unspecified atom stereocenters. The zero-order valence-corrected chi connectivity index (χ0v) is 13.2. The van der Waals surface area contributed by atoms with Crippen molar-refractivity contribution in [3.8, 4) is 0 Å². The van der Waals surface area contributed by atoms with Gasteiger partial charge < -0.3 is 9.80 Å². The molecule has 0 aromatic heterocycles. The lowest BCUT2D eigenvalue weighted by molar-refractivity contribution is -0.385. The van der Waals surface area contributed by atoms with Crippen molar-refractivity contribution in [2.45, 2.75) is 0 Å². The Kier molecular flexibility index (Phi) is 4.60. The number of amides is 1. The topological polar surface area (TPSA) is 66.7 Å². The van der Waals surface area contributed by atoms with Gasteiger partial charge in [0.1, 0.15) is 5.82 Å². The molecule has 1 amide bonds. The molecule has 6 nitrogen and oxygen atoms in total. The fraction of sp³-hybridized carbons (Fsp3) is 0.235. The second-order valence-corrected chi connectivity index (χ2v) is 5.65. The molecule has 1 saturated heterocycles. The molecule has 0 aliphatic carbocycles. The lowest BCUT2D eigenvalue weighted by Crippen LogP contribution is -2.49. The summed E-state index contributed by atoms with van der Waals surface area (Å²) in [5.74, 6) is -1.65. The summed E-state index contributed by atoms with van der Waals surface area (Å²) >= 11 is 0. The number of carbonyl (C=O) groups excluding carboxylic acids is 1. The van der Waals surface area contributed by atoms with Crippen LogP contribution in [0.25, 0.3) is 0 Å². The zero-order chi connectivity index (χ0) is 18.0. The summed E-state index contributed by atoms with van der Waals surface area (Å²) in [5, 5.41) is 10.7. The molecule has 2 aromatic carbocycles. The summed E-state index contributed by atoms with van der Waals surface area (Å²) in [7, 11) is 0. The fourth-order valence-electron chi connectivity index (χ4n) is 2.82. The monoisotopic (exact) mass is 347 g/mol. The van der Waals surface area contributed by atoms with Crippen LogP contribution < -0.4 is 4.90 Å². The smallest absolute Gasteiger partial charge is 0.272 e. The van der Waals surface area contributed by atoms with Crippen LogP contribution in [0.3, 0.4) is 0 Å². The number of nitrogens with zero attached hydrogens (tertiary/aromatic N) is 3. The van der Waals surface area contributed by atoms with Gasteiger partial charge in [-0.25, -0.2) is 8.78 Å². The van der Waals surface area contributed by atoms with E-state index >= 15 is 0 Å². The van der Waals surface area contributed by atoms with Gasteiger partial charge in [-0.1, -0.05) is 12.1 Å². The van der Waals surface area contributed by atoms with Crippen LogP contribution >= 0.6 is 0 Å². The molecule has 0 spiro atoms. The van der Waals surface area contributed by atoms with Crippen molar-refractivity contribution in [2.24, 2.45) is 0 Å². The second kappa shape index (κ2) is 6.84. The van der Waals surface area contributed by atoms with Crippen molar-refractivity contribution >= 4 is 17.3 Å². The maximum absolute atomic E-state index is 14.1. The van der Waals surface area contributed by atoms with Crippen LogP contribution in [-0.4, -0.2) is 41.9 Å². The van der Waals surface area contributed by atoms with E-state index in [9.17, 15) is 23.7 Å². The van der Waals surface area contributed by atoms with Crippen molar-refractivity contribution in [1.29, 1.82) is 0 Å². The number of hydrogen-bond donors (Lipinski definition) is 0. The molecular weight excluding hydrogens is 332 g/mol. The van der Waals surface area contributed by atoms with Gasteiger partial charge in [0.25, 0.3) is 11.6 Å². The van der Waals surface area contributed by atoms with Crippen LogP contribution in [0.2, 0.25) is 0 Å². The lowest BCUT2D eigenvalue weighted by atomic mass is 10.1. The molecule has 0 radical (unpaired) electrons. The first-order valence-electron chi connectivity index (χ1n) is 7.70. The molecule has 0 atom stereocenters. The van der Waals surface area contributed by atoms with Gasteiger partial charge in [-0.2, -0.15) is 0 Å². The average molecular weight is 347 g/mol. The summed E-state index contributed by atoms with van der Waals surface area (Å²) in [4.78, 5) is 25.6. The number of anilines is 1. The predicted molar refractivity (Wildman–Crippen MR) is 87.6 cm³/mol. The minimum Gasteiger partial charge on any atom is -0.366 e. The molecule has 130 valence electrons. The Hall–Kier alpha value is -3.03. The van der Waals surface area contributed by atoms with E-state index < -0.39 is 22.5 Å². The number of rotatable bonds is 3. The van der Waals surface area contributed by atoms with Crippen LogP contribution in [0.15, 0.2) is 42.5 Å². The third-order valence-electron chi connectivity index (χ3n) is 4.15. The summed E-state index contributed by atoms with van der Waals surface area (Å²) in [5.41, 5.74) is -0.0457. The lowest BCUT2D eigenvalue weighted by Gasteiger charge is -2.36. The van der Waals surface area contributed by atoms with Crippen molar-refractivity contribution in [2.75, 3.05) is 31.1 Å². The van der Waals surface area contributed by atoms with Gasteiger partial charge in [-0.15, -0.1) is 0 Å². The van der Waals surface area contributed by atoms with E-state index in [2.05, 4.69) is 0 Å². The Labute approximate surface area is 142 Å². The van der Waals surface area contributed by atoms with E-state index in [0.29, 0.717) is 26.2 Å². The minimum absolute atomic E-state index is 0.0115. The van der Waals surface area contributed by atoms with Crippen molar-refractivity contribution in [3.05, 3.63) is 69.8 Å². The van der Waals surface area contributed by atoms with Gasteiger partial charge in [0.05, 0.1) is 22.2 Å². The quantitative estimate of drug-likeness (QED) is 0.633. The highest BCUT2D eigenvalue weighted by molar-refractivity contribution is 5.94. The highest BCUT2D eigenvalue weighted by Gasteiger charge is 2.25. The normalized spacial score (nSPS) is 14.5. The number of hydrogen-bond acceptors (Lipinski definition) is 4. The highest BCUT2D eigenvalue weighted by atomic mass is 19.1. The van der Waals surface area contributed by atoms with Gasteiger partial charge >= 0.3 is 0 Å². The standard InChI is InChI=1S/C17H15F2N3O3/c18-14-4-2-1-3-13(14)17(23)21-9-7-20(8-10-21)16-6-5-12(22(24)25)11-15(16)19/h1-6,11H,7-10H2. The van der Waals surface area contributed by atoms with E-state index in [-0.39, 0.29) is 16.9 Å². The summed E-state index contributed by atoms with van der Waals surface area (Å²) in [6.45, 7) is 1.33. The number of halogens is 2. The maximum Gasteiger partial charge on any atom is 0.272 e. The molecule has 1 heterocycles. The second-order valence-electron chi connectivity index (χ2n) is 5.65. The Bertz CT molecular complexity index is 821. The number of carbonyl (C=O) groups is 1. The Morgan fingerprint density at radius 1 is 1.00 bits per heavy atom. The number of nitro groups is 1. The molecule has 0 N–H and O–H groups in total. The van der Waals surface area contributed by atoms with E-state index in [0.717, 1.165) is 6.07 Å². The predicted octanol–water partition coefficient (Wildman–Crippen LogP) is 2.84. The Morgan fingerprint density at radius 2 is 1.68 bits per heavy atom. The van der Waals surface area contributed by atoms with E-state index in [1.807, 2.05) is 0 Å². The third kappa shape index (κ3) is 3.42. The molecule has 1 aliphatic heterocycles. The first kappa shape index (κ1) is 16.8. The fourth-order valence-corrected chi connectivity index (χ4v) is 2.82. The largest absolute Gasteiger partial charge is 0.366 e. The molecule has 8 heteroatoms.